The molecule has 0 radical (unpaired) electrons. The molecule has 0 aliphatic rings. The highest BCUT2D eigenvalue weighted by atomic mass is 19.1. The van der Waals surface area contributed by atoms with Gasteiger partial charge < -0.3 is 15.2 Å². The Bertz CT molecular complexity index is 505. The smallest absolute Gasteiger partial charge is 0.126 e. The van der Waals surface area contributed by atoms with Crippen LogP contribution in [0.4, 0.5) is 10.1 Å². The largest absolute Gasteiger partial charge is 0.491 e. The van der Waals surface area contributed by atoms with Gasteiger partial charge >= 0.3 is 0 Å². The molecule has 0 spiro atoms. The van der Waals surface area contributed by atoms with Gasteiger partial charge in [0.15, 0.2) is 0 Å². The van der Waals surface area contributed by atoms with Gasteiger partial charge in [0.1, 0.15) is 24.3 Å². The van der Waals surface area contributed by atoms with E-state index in [9.17, 15) is 9.50 Å². The minimum atomic E-state index is -0.663. The van der Waals surface area contributed by atoms with Crippen LogP contribution < -0.4 is 10.1 Å². The van der Waals surface area contributed by atoms with Gasteiger partial charge in [0.2, 0.25) is 0 Å². The fraction of sp³-hybridized carbons (Fsp3) is 0.200. The number of benzene rings is 2. The van der Waals surface area contributed by atoms with E-state index in [4.69, 9.17) is 4.74 Å². The van der Waals surface area contributed by atoms with Crippen molar-refractivity contribution in [2.24, 2.45) is 0 Å². The Morgan fingerprint density at radius 2 is 1.89 bits per heavy atom. The molecular weight excluding hydrogens is 245 g/mol. The highest BCUT2D eigenvalue weighted by Gasteiger charge is 2.05. The molecule has 0 fully saturated rings. The molecule has 100 valence electrons. The summed E-state index contributed by atoms with van der Waals surface area (Å²) in [6.45, 7) is 0.489. The fourth-order valence-corrected chi connectivity index (χ4v) is 1.60. The topological polar surface area (TPSA) is 41.5 Å². The van der Waals surface area contributed by atoms with Gasteiger partial charge in [0, 0.05) is 18.3 Å². The summed E-state index contributed by atoms with van der Waals surface area (Å²) in [5.41, 5.74) is 0.937. The van der Waals surface area contributed by atoms with Crippen LogP contribution in [0.15, 0.2) is 54.6 Å². The zero-order valence-electron chi connectivity index (χ0n) is 10.4. The van der Waals surface area contributed by atoms with Crippen LogP contribution in [0, 0.1) is 5.82 Å². The van der Waals surface area contributed by atoms with Gasteiger partial charge in [-0.25, -0.2) is 4.39 Å². The van der Waals surface area contributed by atoms with Gasteiger partial charge in [-0.15, -0.1) is 0 Å². The van der Waals surface area contributed by atoms with Crippen LogP contribution >= 0.6 is 0 Å². The Balaban J connectivity index is 1.74. The van der Waals surface area contributed by atoms with Crippen LogP contribution in [0.25, 0.3) is 0 Å². The maximum Gasteiger partial charge on any atom is 0.126 e. The molecule has 0 aliphatic carbocycles. The molecule has 0 aliphatic heterocycles. The van der Waals surface area contributed by atoms with E-state index in [1.165, 1.54) is 12.1 Å². The zero-order chi connectivity index (χ0) is 13.5. The van der Waals surface area contributed by atoms with Crippen molar-refractivity contribution in [2.75, 3.05) is 18.5 Å². The van der Waals surface area contributed by atoms with Gasteiger partial charge in [-0.1, -0.05) is 24.3 Å². The molecule has 0 saturated heterocycles. The van der Waals surface area contributed by atoms with E-state index in [1.807, 2.05) is 30.3 Å². The van der Waals surface area contributed by atoms with E-state index < -0.39 is 6.10 Å². The number of para-hydroxylation sites is 1. The van der Waals surface area contributed by atoms with E-state index in [-0.39, 0.29) is 12.4 Å². The molecule has 0 aromatic heterocycles. The first kappa shape index (κ1) is 13.4. The van der Waals surface area contributed by atoms with Crippen LogP contribution in [-0.4, -0.2) is 24.4 Å². The summed E-state index contributed by atoms with van der Waals surface area (Å²) in [5, 5.41) is 12.8. The van der Waals surface area contributed by atoms with Crippen LogP contribution in [-0.2, 0) is 0 Å². The number of rotatable bonds is 6. The number of halogens is 1. The molecule has 0 heterocycles. The van der Waals surface area contributed by atoms with E-state index in [0.29, 0.717) is 12.3 Å². The molecule has 19 heavy (non-hydrogen) atoms. The maximum absolute atomic E-state index is 12.9. The summed E-state index contributed by atoms with van der Waals surface area (Å²) in [6, 6.07) is 15.4. The molecule has 0 amide bonds. The lowest BCUT2D eigenvalue weighted by molar-refractivity contribution is 0.117. The minimum Gasteiger partial charge on any atom is -0.491 e. The van der Waals surface area contributed by atoms with Crippen molar-refractivity contribution in [1.82, 2.24) is 0 Å². The maximum atomic E-state index is 12.9. The predicted molar refractivity (Wildman–Crippen MR) is 72.8 cm³/mol. The van der Waals surface area contributed by atoms with E-state index in [1.54, 1.807) is 12.1 Å². The Labute approximate surface area is 111 Å². The average Bonchev–Trinajstić information content (AvgIpc) is 2.44. The number of hydrogen-bond acceptors (Lipinski definition) is 3. The van der Waals surface area contributed by atoms with Gasteiger partial charge in [-0.2, -0.15) is 0 Å². The first-order chi connectivity index (χ1) is 9.24. The van der Waals surface area contributed by atoms with Gasteiger partial charge in [0.05, 0.1) is 0 Å². The Morgan fingerprint density at radius 1 is 1.11 bits per heavy atom. The third-order valence-electron chi connectivity index (χ3n) is 2.55. The molecule has 2 aromatic rings. The third-order valence-corrected chi connectivity index (χ3v) is 2.55. The molecule has 1 unspecified atom stereocenters. The Morgan fingerprint density at radius 3 is 2.63 bits per heavy atom. The monoisotopic (exact) mass is 261 g/mol. The van der Waals surface area contributed by atoms with Crippen LogP contribution in [0.1, 0.15) is 0 Å². The van der Waals surface area contributed by atoms with Gasteiger partial charge in [0.25, 0.3) is 0 Å². The first-order valence-electron chi connectivity index (χ1n) is 6.09. The lowest BCUT2D eigenvalue weighted by atomic mass is 10.3. The molecule has 0 bridgehead atoms. The molecule has 1 atom stereocenters. The third kappa shape index (κ3) is 4.60. The molecule has 2 aromatic carbocycles. The van der Waals surface area contributed by atoms with Crippen molar-refractivity contribution in [3.8, 4) is 5.75 Å². The summed E-state index contributed by atoms with van der Waals surface area (Å²) >= 11 is 0. The molecule has 3 nitrogen and oxygen atoms in total. The Kier molecular flexibility index (Phi) is 4.75. The number of anilines is 1. The quantitative estimate of drug-likeness (QED) is 0.840. The van der Waals surface area contributed by atoms with Gasteiger partial charge in [-0.05, 0) is 24.3 Å². The number of aliphatic hydroxyl groups is 1. The summed E-state index contributed by atoms with van der Waals surface area (Å²) in [5.74, 6) is 0.0631. The Hall–Kier alpha value is -2.07. The van der Waals surface area contributed by atoms with Crippen LogP contribution in [0.2, 0.25) is 0 Å². The van der Waals surface area contributed by atoms with Crippen LogP contribution in [0.3, 0.4) is 0 Å². The fourth-order valence-electron chi connectivity index (χ4n) is 1.60. The lowest BCUT2D eigenvalue weighted by Crippen LogP contribution is -2.26. The number of aliphatic hydroxyl groups excluding tert-OH is 1. The standard InChI is InChI=1S/C15H16FNO2/c16-12-5-4-8-15(9-12)19-11-14(18)10-17-13-6-2-1-3-7-13/h1-9,14,17-18H,10-11H2. The lowest BCUT2D eigenvalue weighted by Gasteiger charge is -2.14. The summed E-state index contributed by atoms with van der Waals surface area (Å²) in [6.07, 6.45) is -0.663. The van der Waals surface area contributed by atoms with Crippen molar-refractivity contribution >= 4 is 5.69 Å². The molecule has 2 rings (SSSR count). The second-order valence-corrected chi connectivity index (χ2v) is 4.17. The number of ether oxygens (including phenoxy) is 1. The van der Waals surface area contributed by atoms with Crippen molar-refractivity contribution in [1.29, 1.82) is 0 Å². The van der Waals surface area contributed by atoms with Crippen molar-refractivity contribution in [3.05, 3.63) is 60.4 Å². The molecule has 2 N–H and O–H groups in total. The molecule has 0 saturated carbocycles. The number of hydrogen-bond donors (Lipinski definition) is 2. The second-order valence-electron chi connectivity index (χ2n) is 4.17. The highest BCUT2D eigenvalue weighted by Crippen LogP contribution is 2.12. The second kappa shape index (κ2) is 6.75. The first-order valence-corrected chi connectivity index (χ1v) is 6.09. The van der Waals surface area contributed by atoms with Crippen molar-refractivity contribution in [3.63, 3.8) is 0 Å². The minimum absolute atomic E-state index is 0.114. The van der Waals surface area contributed by atoms with E-state index in [2.05, 4.69) is 5.32 Å². The predicted octanol–water partition coefficient (Wildman–Crippen LogP) is 2.68. The highest BCUT2D eigenvalue weighted by molar-refractivity contribution is 5.42. The molecule has 4 heteroatoms. The van der Waals surface area contributed by atoms with Crippen molar-refractivity contribution < 1.29 is 14.2 Å². The summed E-state index contributed by atoms with van der Waals surface area (Å²) in [4.78, 5) is 0. The van der Waals surface area contributed by atoms with Crippen LogP contribution in [0.5, 0.6) is 5.75 Å². The zero-order valence-corrected chi connectivity index (χ0v) is 10.4. The molecular formula is C15H16FNO2. The van der Waals surface area contributed by atoms with E-state index >= 15 is 0 Å². The normalized spacial score (nSPS) is 11.9. The van der Waals surface area contributed by atoms with Crippen molar-refractivity contribution in [2.45, 2.75) is 6.10 Å². The average molecular weight is 261 g/mol. The number of nitrogens with one attached hydrogen (secondary N) is 1. The SMILES string of the molecule is OC(CNc1ccccc1)COc1cccc(F)c1. The van der Waals surface area contributed by atoms with Gasteiger partial charge in [-0.3, -0.25) is 0 Å². The summed E-state index contributed by atoms with van der Waals surface area (Å²) in [7, 11) is 0. The summed E-state index contributed by atoms with van der Waals surface area (Å²) < 4.78 is 18.2. The van der Waals surface area contributed by atoms with E-state index in [0.717, 1.165) is 5.69 Å².